The third-order valence-corrected chi connectivity index (χ3v) is 10.3. The van der Waals surface area contributed by atoms with Crippen LogP contribution in [0.15, 0.2) is 42.7 Å². The Morgan fingerprint density at radius 1 is 1.02 bits per heavy atom. The SMILES string of the molecule is Cc1ccc(Nc2ncc3c(n2)N(C)C(=O)N(c2cc(C(O)N[C@@H](C)C(=O)N4CCC[C@H]4C(=O)NC(C)(C)C(=O)N[C@H](C(=O)N(C)C)C(C)C)ccc2C)C3)cn1. The Balaban J connectivity index is 1.23. The fourth-order valence-electron chi connectivity index (χ4n) is 6.83. The smallest absolute Gasteiger partial charge is 0.330 e. The number of urea groups is 1. The molecule has 0 saturated carbocycles. The lowest BCUT2D eigenvalue weighted by atomic mass is 9.98. The third-order valence-electron chi connectivity index (χ3n) is 10.3. The molecule has 4 heterocycles. The molecule has 1 saturated heterocycles. The number of anilines is 4. The lowest BCUT2D eigenvalue weighted by molar-refractivity contribution is -0.143. The molecule has 5 rings (SSSR count). The van der Waals surface area contributed by atoms with Crippen molar-refractivity contribution in [2.24, 2.45) is 5.92 Å². The van der Waals surface area contributed by atoms with E-state index in [9.17, 15) is 29.1 Å². The first-order valence-corrected chi connectivity index (χ1v) is 19.1. The van der Waals surface area contributed by atoms with Gasteiger partial charge in [0.2, 0.25) is 29.6 Å². The highest BCUT2D eigenvalue weighted by Crippen LogP contribution is 2.33. The van der Waals surface area contributed by atoms with Crippen molar-refractivity contribution in [2.75, 3.05) is 42.8 Å². The molecule has 5 N–H and O–H groups in total. The van der Waals surface area contributed by atoms with Gasteiger partial charge in [-0.3, -0.25) is 39.3 Å². The van der Waals surface area contributed by atoms with Crippen molar-refractivity contribution < 1.29 is 29.1 Å². The quantitative estimate of drug-likeness (QED) is 0.159. The highest BCUT2D eigenvalue weighted by atomic mass is 16.3. The molecule has 0 spiro atoms. The van der Waals surface area contributed by atoms with Crippen LogP contribution in [0.5, 0.6) is 0 Å². The maximum Gasteiger partial charge on any atom is 0.330 e. The van der Waals surface area contributed by atoms with Crippen LogP contribution in [0, 0.1) is 19.8 Å². The molecule has 2 aliphatic heterocycles. The molecule has 57 heavy (non-hydrogen) atoms. The minimum Gasteiger partial charge on any atom is -0.374 e. The number of carbonyl (C=O) groups is 5. The van der Waals surface area contributed by atoms with Gasteiger partial charge in [-0.05, 0) is 82.7 Å². The van der Waals surface area contributed by atoms with Crippen molar-refractivity contribution in [3.8, 4) is 0 Å². The number of aromatic nitrogens is 3. The highest BCUT2D eigenvalue weighted by molar-refractivity contribution is 6.05. The number of aliphatic hydroxyl groups is 1. The zero-order valence-electron chi connectivity index (χ0n) is 34.4. The van der Waals surface area contributed by atoms with Crippen LogP contribution in [0.1, 0.15) is 76.1 Å². The summed E-state index contributed by atoms with van der Waals surface area (Å²) in [5.41, 5.74) is 2.72. The van der Waals surface area contributed by atoms with Gasteiger partial charge in [0.25, 0.3) is 0 Å². The van der Waals surface area contributed by atoms with Crippen LogP contribution < -0.4 is 31.1 Å². The van der Waals surface area contributed by atoms with Crippen LogP contribution >= 0.6 is 0 Å². The van der Waals surface area contributed by atoms with E-state index in [0.29, 0.717) is 48.1 Å². The molecule has 2 aliphatic rings. The third kappa shape index (κ3) is 9.48. The van der Waals surface area contributed by atoms with Gasteiger partial charge in [-0.2, -0.15) is 4.98 Å². The van der Waals surface area contributed by atoms with Crippen molar-refractivity contribution in [3.05, 3.63) is 65.1 Å². The van der Waals surface area contributed by atoms with E-state index in [1.165, 1.54) is 14.7 Å². The first kappa shape index (κ1) is 42.5. The van der Waals surface area contributed by atoms with Gasteiger partial charge in [-0.25, -0.2) is 9.78 Å². The van der Waals surface area contributed by atoms with Crippen LogP contribution in [0.4, 0.5) is 27.9 Å². The van der Waals surface area contributed by atoms with Gasteiger partial charge < -0.3 is 30.9 Å². The first-order chi connectivity index (χ1) is 26.8. The fourth-order valence-corrected chi connectivity index (χ4v) is 6.83. The topological polar surface area (TPSA) is 205 Å². The van der Waals surface area contributed by atoms with Crippen LogP contribution in [0.2, 0.25) is 0 Å². The molecular formula is C40H55N11O6. The fraction of sp³-hybridized carbons (Fsp3) is 0.500. The van der Waals surface area contributed by atoms with E-state index in [2.05, 4.69) is 36.2 Å². The number of nitrogens with zero attached hydrogens (tertiary/aromatic N) is 7. The van der Waals surface area contributed by atoms with Crippen molar-refractivity contribution in [3.63, 3.8) is 0 Å². The molecule has 1 aromatic carbocycles. The van der Waals surface area contributed by atoms with Crippen LogP contribution in [0.25, 0.3) is 0 Å². The van der Waals surface area contributed by atoms with E-state index >= 15 is 0 Å². The number of aryl methyl sites for hydroxylation is 2. The van der Waals surface area contributed by atoms with Gasteiger partial charge in [-0.1, -0.05) is 26.0 Å². The highest BCUT2D eigenvalue weighted by Gasteiger charge is 2.41. The summed E-state index contributed by atoms with van der Waals surface area (Å²) in [5, 5.41) is 23.0. The molecule has 2 aromatic heterocycles. The summed E-state index contributed by atoms with van der Waals surface area (Å²) < 4.78 is 0. The monoisotopic (exact) mass is 785 g/mol. The van der Waals surface area contributed by atoms with Crippen LogP contribution in [0.3, 0.4) is 0 Å². The van der Waals surface area contributed by atoms with Crippen LogP contribution in [-0.2, 0) is 25.7 Å². The number of likely N-dealkylation sites (N-methyl/N-ethyl adjacent to an activating group) is 1. The largest absolute Gasteiger partial charge is 0.374 e. The second-order valence-corrected chi connectivity index (χ2v) is 15.9. The average Bonchev–Trinajstić information content (AvgIpc) is 3.66. The van der Waals surface area contributed by atoms with Gasteiger partial charge >= 0.3 is 6.03 Å². The lowest BCUT2D eigenvalue weighted by Gasteiger charge is -2.35. The molecule has 0 bridgehead atoms. The Kier molecular flexibility index (Phi) is 12.8. The van der Waals surface area contributed by atoms with E-state index in [1.807, 2.05) is 39.8 Å². The summed E-state index contributed by atoms with van der Waals surface area (Å²) in [4.78, 5) is 86.3. The zero-order valence-corrected chi connectivity index (χ0v) is 34.4. The van der Waals surface area contributed by atoms with Gasteiger partial charge in [0.05, 0.1) is 24.5 Å². The molecule has 1 fully saturated rings. The number of hydrogen-bond donors (Lipinski definition) is 5. The van der Waals surface area contributed by atoms with Crippen molar-refractivity contribution in [1.82, 2.24) is 40.7 Å². The van der Waals surface area contributed by atoms with Gasteiger partial charge in [0, 0.05) is 50.8 Å². The maximum atomic E-state index is 13.8. The van der Waals surface area contributed by atoms with Gasteiger partial charge in [0.15, 0.2) is 0 Å². The molecule has 17 heteroatoms. The molecule has 4 atom stereocenters. The van der Waals surface area contributed by atoms with Crippen LogP contribution in [-0.4, -0.2) is 111 Å². The Morgan fingerprint density at radius 2 is 1.74 bits per heavy atom. The number of amides is 6. The average molecular weight is 786 g/mol. The molecule has 0 aliphatic carbocycles. The molecule has 17 nitrogen and oxygen atoms in total. The van der Waals surface area contributed by atoms with E-state index in [0.717, 1.165) is 16.8 Å². The molecule has 0 radical (unpaired) electrons. The summed E-state index contributed by atoms with van der Waals surface area (Å²) in [6.45, 7) is 12.6. The number of aliphatic hydroxyl groups excluding tert-OH is 1. The Labute approximate surface area is 333 Å². The number of pyridine rings is 1. The minimum atomic E-state index is -1.38. The number of benzene rings is 1. The zero-order chi connectivity index (χ0) is 41.9. The van der Waals surface area contributed by atoms with E-state index in [4.69, 9.17) is 0 Å². The first-order valence-electron chi connectivity index (χ1n) is 19.1. The maximum absolute atomic E-state index is 13.8. The molecule has 3 aromatic rings. The molecule has 1 unspecified atom stereocenters. The number of fused-ring (bicyclic) bond motifs is 1. The Morgan fingerprint density at radius 3 is 2.39 bits per heavy atom. The standard InChI is InChI=1S/C40H55N11O6/c1-22(2)31(36(55)48(8)9)45-37(56)40(6,7)47-34(53)29-12-11-17-50(29)35(54)25(5)43-33(52)26-15-13-23(3)30(18-26)51-21-27-19-42-38(46-32(27)49(10)39(51)57)44-28-16-14-24(4)41-20-28/h13-16,18-20,22,25,29,31,33,43,52H,11-12,17,21H2,1-10H3,(H,45,56)(H,47,53)(H,42,44,46)/t25-,29-,31-,33?/m0/s1. The van der Waals surface area contributed by atoms with Gasteiger partial charge in [-0.15, -0.1) is 0 Å². The second-order valence-electron chi connectivity index (χ2n) is 15.9. The summed E-state index contributed by atoms with van der Waals surface area (Å²) in [7, 11) is 4.86. The summed E-state index contributed by atoms with van der Waals surface area (Å²) in [5.74, 6) is -1.06. The normalized spacial score (nSPS) is 17.2. The number of hydrogen-bond acceptors (Lipinski definition) is 11. The number of likely N-dealkylation sites (tertiary alicyclic amines) is 1. The summed E-state index contributed by atoms with van der Waals surface area (Å²) in [6.07, 6.45) is 3.03. The van der Waals surface area contributed by atoms with Crippen molar-refractivity contribution >= 4 is 52.8 Å². The van der Waals surface area contributed by atoms with E-state index in [-0.39, 0.29) is 24.4 Å². The molecular weight excluding hydrogens is 731 g/mol. The summed E-state index contributed by atoms with van der Waals surface area (Å²) in [6, 6.07) is 6.13. The van der Waals surface area contributed by atoms with E-state index < -0.39 is 47.6 Å². The Bertz CT molecular complexity index is 2000. The molecule has 306 valence electrons. The number of nitrogens with one attached hydrogen (secondary N) is 4. The van der Waals surface area contributed by atoms with Gasteiger partial charge in [0.1, 0.15) is 29.7 Å². The van der Waals surface area contributed by atoms with Crippen molar-refractivity contribution in [2.45, 2.75) is 97.7 Å². The number of carbonyl (C=O) groups excluding carboxylic acids is 5. The Hall–Kier alpha value is -5.68. The predicted octanol–water partition coefficient (Wildman–Crippen LogP) is 2.89. The van der Waals surface area contributed by atoms with Crippen molar-refractivity contribution in [1.29, 1.82) is 0 Å². The lowest BCUT2D eigenvalue weighted by Crippen LogP contribution is -2.62. The summed E-state index contributed by atoms with van der Waals surface area (Å²) >= 11 is 0. The number of rotatable bonds is 13. The second kappa shape index (κ2) is 17.2. The van der Waals surface area contributed by atoms with E-state index in [1.54, 1.807) is 77.4 Å². The minimum absolute atomic E-state index is 0.184. The predicted molar refractivity (Wildman–Crippen MR) is 215 cm³/mol. The molecule has 6 amide bonds.